The number of likely N-dealkylation sites (N-methyl/N-ethyl adjacent to an activating group) is 1. The van der Waals surface area contributed by atoms with Crippen molar-refractivity contribution in [3.05, 3.63) is 33.3 Å². The number of rotatable bonds is 6. The largest absolute Gasteiger partial charge is 0.316 e. The number of benzene rings is 1. The minimum absolute atomic E-state index is 0. The summed E-state index contributed by atoms with van der Waals surface area (Å²) in [7, 11) is -2.26. The summed E-state index contributed by atoms with van der Waals surface area (Å²) < 4.78 is 26.3. The molecule has 0 bridgehead atoms. The SMILES string of the molecule is CNC(C)CNS(=O)(=O)c1ccc(Cl)cc1[N+](=O)[O-].Cl. The molecule has 0 heterocycles. The highest BCUT2D eigenvalue weighted by Crippen LogP contribution is 2.26. The monoisotopic (exact) mass is 343 g/mol. The number of nitro benzene ring substituents is 1. The van der Waals surface area contributed by atoms with Crippen LogP contribution in [0.5, 0.6) is 0 Å². The molecule has 2 N–H and O–H groups in total. The van der Waals surface area contributed by atoms with Crippen LogP contribution in [-0.4, -0.2) is 33.0 Å². The molecule has 10 heteroatoms. The van der Waals surface area contributed by atoms with Crippen molar-refractivity contribution in [1.82, 2.24) is 10.0 Å². The summed E-state index contributed by atoms with van der Waals surface area (Å²) in [5.41, 5.74) is -0.544. The van der Waals surface area contributed by atoms with Gasteiger partial charge in [0.15, 0.2) is 4.90 Å². The predicted octanol–water partition coefficient (Wildman–Crippen LogP) is 1.56. The van der Waals surface area contributed by atoms with Crippen molar-refractivity contribution in [2.75, 3.05) is 13.6 Å². The number of nitrogens with zero attached hydrogens (tertiary/aromatic N) is 1. The Kier molecular flexibility index (Phi) is 7.39. The molecule has 1 aromatic carbocycles. The molecule has 1 atom stereocenters. The molecule has 0 fully saturated rings. The van der Waals surface area contributed by atoms with Crippen LogP contribution in [0.4, 0.5) is 5.69 Å². The number of hydrogen-bond donors (Lipinski definition) is 2. The van der Waals surface area contributed by atoms with Gasteiger partial charge >= 0.3 is 0 Å². The molecule has 1 rings (SSSR count). The van der Waals surface area contributed by atoms with Crippen molar-refractivity contribution < 1.29 is 13.3 Å². The summed E-state index contributed by atoms with van der Waals surface area (Å²) in [6.45, 7) is 1.90. The molecule has 0 spiro atoms. The van der Waals surface area contributed by atoms with E-state index in [0.29, 0.717) is 0 Å². The van der Waals surface area contributed by atoms with E-state index in [1.165, 1.54) is 6.07 Å². The molecule has 1 unspecified atom stereocenters. The zero-order chi connectivity index (χ0) is 14.6. The van der Waals surface area contributed by atoms with Crippen LogP contribution in [0.3, 0.4) is 0 Å². The Bertz CT molecular complexity index is 580. The quantitative estimate of drug-likeness (QED) is 0.602. The van der Waals surface area contributed by atoms with Gasteiger partial charge in [0.05, 0.1) is 4.92 Å². The fraction of sp³-hybridized carbons (Fsp3) is 0.400. The zero-order valence-electron chi connectivity index (χ0n) is 10.8. The number of hydrogen-bond acceptors (Lipinski definition) is 5. The second-order valence-corrected chi connectivity index (χ2v) is 6.08. The van der Waals surface area contributed by atoms with Gasteiger partial charge in [0.25, 0.3) is 5.69 Å². The third-order valence-corrected chi connectivity index (χ3v) is 4.19. The van der Waals surface area contributed by atoms with E-state index in [9.17, 15) is 18.5 Å². The van der Waals surface area contributed by atoms with Crippen LogP contribution in [0.2, 0.25) is 5.02 Å². The number of sulfonamides is 1. The van der Waals surface area contributed by atoms with Crippen LogP contribution in [0.25, 0.3) is 0 Å². The van der Waals surface area contributed by atoms with Gasteiger partial charge in [0.1, 0.15) is 0 Å². The van der Waals surface area contributed by atoms with Crippen molar-refractivity contribution in [1.29, 1.82) is 0 Å². The highest BCUT2D eigenvalue weighted by atomic mass is 35.5. The minimum Gasteiger partial charge on any atom is -0.316 e. The Balaban J connectivity index is 0.00000361. The summed E-state index contributed by atoms with van der Waals surface area (Å²) in [6.07, 6.45) is 0. The molecule has 0 saturated heterocycles. The lowest BCUT2D eigenvalue weighted by Crippen LogP contribution is -2.37. The van der Waals surface area contributed by atoms with E-state index < -0.39 is 25.5 Å². The van der Waals surface area contributed by atoms with E-state index in [4.69, 9.17) is 11.6 Å². The van der Waals surface area contributed by atoms with Crippen molar-refractivity contribution in [3.63, 3.8) is 0 Å². The molecule has 114 valence electrons. The van der Waals surface area contributed by atoms with Gasteiger partial charge in [-0.3, -0.25) is 10.1 Å². The molecule has 7 nitrogen and oxygen atoms in total. The summed E-state index contributed by atoms with van der Waals surface area (Å²) >= 11 is 5.63. The molecular weight excluding hydrogens is 329 g/mol. The average molecular weight is 344 g/mol. The van der Waals surface area contributed by atoms with Crippen LogP contribution in [0.15, 0.2) is 23.1 Å². The molecule has 1 aromatic rings. The molecule has 0 saturated carbocycles. The number of nitrogens with one attached hydrogen (secondary N) is 2. The van der Waals surface area contributed by atoms with Gasteiger partial charge < -0.3 is 5.32 Å². The van der Waals surface area contributed by atoms with Crippen LogP contribution < -0.4 is 10.0 Å². The van der Waals surface area contributed by atoms with E-state index in [1.807, 2.05) is 0 Å². The van der Waals surface area contributed by atoms with Crippen LogP contribution in [0.1, 0.15) is 6.92 Å². The fourth-order valence-electron chi connectivity index (χ4n) is 1.27. The molecule has 0 aromatic heterocycles. The Labute approximate surface area is 128 Å². The standard InChI is InChI=1S/C10H14ClN3O4S.ClH/c1-7(12-2)6-13-19(17,18)10-4-3-8(11)5-9(10)14(15)16;/h3-5,7,12-13H,6H2,1-2H3;1H. The third-order valence-electron chi connectivity index (χ3n) is 2.48. The normalized spacial score (nSPS) is 12.6. The number of halogens is 2. The van der Waals surface area contributed by atoms with Crippen LogP contribution in [-0.2, 0) is 10.0 Å². The Hall–Kier alpha value is -0.930. The predicted molar refractivity (Wildman–Crippen MR) is 79.1 cm³/mol. The molecule has 20 heavy (non-hydrogen) atoms. The highest BCUT2D eigenvalue weighted by molar-refractivity contribution is 7.89. The lowest BCUT2D eigenvalue weighted by atomic mass is 10.3. The van der Waals surface area contributed by atoms with Gasteiger partial charge in [-0.1, -0.05) is 11.6 Å². The maximum Gasteiger partial charge on any atom is 0.290 e. The summed E-state index contributed by atoms with van der Waals surface area (Å²) in [5, 5.41) is 13.8. The van der Waals surface area contributed by atoms with E-state index in [-0.39, 0.29) is 30.0 Å². The maximum absolute atomic E-state index is 12.0. The van der Waals surface area contributed by atoms with Gasteiger partial charge in [-0.05, 0) is 26.1 Å². The van der Waals surface area contributed by atoms with Gasteiger partial charge in [0.2, 0.25) is 10.0 Å². The van der Waals surface area contributed by atoms with E-state index in [2.05, 4.69) is 10.0 Å². The van der Waals surface area contributed by atoms with Crippen LogP contribution in [0, 0.1) is 10.1 Å². The van der Waals surface area contributed by atoms with Gasteiger partial charge in [-0.15, -0.1) is 12.4 Å². The fourth-order valence-corrected chi connectivity index (χ4v) is 2.72. The first kappa shape index (κ1) is 19.1. The van der Waals surface area contributed by atoms with Crippen molar-refractivity contribution in [3.8, 4) is 0 Å². The Morgan fingerprint density at radius 2 is 2.05 bits per heavy atom. The van der Waals surface area contributed by atoms with E-state index in [0.717, 1.165) is 12.1 Å². The summed E-state index contributed by atoms with van der Waals surface area (Å²) in [4.78, 5) is 9.68. The van der Waals surface area contributed by atoms with Crippen molar-refractivity contribution in [2.45, 2.75) is 17.9 Å². The van der Waals surface area contributed by atoms with E-state index >= 15 is 0 Å². The second-order valence-electron chi connectivity index (χ2n) is 3.91. The first-order valence-corrected chi connectivity index (χ1v) is 7.25. The average Bonchev–Trinajstić information content (AvgIpc) is 2.35. The van der Waals surface area contributed by atoms with Gasteiger partial charge in [-0.25, -0.2) is 13.1 Å². The first-order chi connectivity index (χ1) is 8.77. The third kappa shape index (κ3) is 4.88. The van der Waals surface area contributed by atoms with Gasteiger partial charge in [0, 0.05) is 23.7 Å². The Morgan fingerprint density at radius 3 is 2.55 bits per heavy atom. The molecule has 0 aliphatic carbocycles. The summed E-state index contributed by atoms with van der Waals surface area (Å²) in [6, 6.07) is 3.33. The van der Waals surface area contributed by atoms with Crippen LogP contribution >= 0.6 is 24.0 Å². The molecule has 0 aliphatic heterocycles. The lowest BCUT2D eigenvalue weighted by molar-refractivity contribution is -0.387. The molecular formula is C10H15Cl2N3O4S. The highest BCUT2D eigenvalue weighted by Gasteiger charge is 2.26. The van der Waals surface area contributed by atoms with E-state index in [1.54, 1.807) is 14.0 Å². The van der Waals surface area contributed by atoms with Crippen molar-refractivity contribution >= 4 is 39.7 Å². The lowest BCUT2D eigenvalue weighted by Gasteiger charge is -2.12. The summed E-state index contributed by atoms with van der Waals surface area (Å²) in [5.74, 6) is 0. The van der Waals surface area contributed by atoms with Gasteiger partial charge in [-0.2, -0.15) is 0 Å². The maximum atomic E-state index is 12.0. The molecule has 0 radical (unpaired) electrons. The Morgan fingerprint density at radius 1 is 1.45 bits per heavy atom. The topological polar surface area (TPSA) is 101 Å². The smallest absolute Gasteiger partial charge is 0.290 e. The van der Waals surface area contributed by atoms with Crippen molar-refractivity contribution in [2.24, 2.45) is 0 Å². The zero-order valence-corrected chi connectivity index (χ0v) is 13.2. The molecule has 0 aliphatic rings. The first-order valence-electron chi connectivity index (χ1n) is 5.39. The minimum atomic E-state index is -3.95. The second kappa shape index (κ2) is 7.75. The number of nitro groups is 1. The molecule has 0 amide bonds.